The Hall–Kier alpha value is -3.72. The van der Waals surface area contributed by atoms with E-state index < -0.39 is 12.0 Å². The number of allylic oxidation sites excluding steroid dienone is 1. The largest absolute Gasteiger partial charge is 0.486 e. The normalized spacial score (nSPS) is 15.0. The van der Waals surface area contributed by atoms with Gasteiger partial charge in [-0.25, -0.2) is 14.2 Å². The second-order valence-electron chi connectivity index (χ2n) is 8.93. The number of ether oxygens (including phenoxy) is 2. The molecule has 0 unspecified atom stereocenters. The Morgan fingerprint density at radius 3 is 2.48 bits per heavy atom. The quantitative estimate of drug-likeness (QED) is 0.252. The molecule has 0 fully saturated rings. The van der Waals surface area contributed by atoms with Crippen molar-refractivity contribution in [3.8, 4) is 5.75 Å². The van der Waals surface area contributed by atoms with Crippen molar-refractivity contribution in [2.75, 3.05) is 7.11 Å². The second-order valence-corrected chi connectivity index (χ2v) is 10.8. The number of aromatic nitrogens is 1. The molecule has 204 valence electrons. The first-order valence-electron chi connectivity index (χ1n) is 12.3. The van der Waals surface area contributed by atoms with Crippen molar-refractivity contribution in [2.24, 2.45) is 4.99 Å². The van der Waals surface area contributed by atoms with E-state index in [4.69, 9.17) is 32.7 Å². The van der Waals surface area contributed by atoms with Gasteiger partial charge in [0.25, 0.3) is 5.56 Å². The Bertz CT molecular complexity index is 1790. The zero-order chi connectivity index (χ0) is 28.4. The number of hydrogen-bond donors (Lipinski definition) is 0. The highest BCUT2D eigenvalue weighted by molar-refractivity contribution is 7.07. The molecule has 0 radical (unpaired) electrons. The lowest BCUT2D eigenvalue weighted by molar-refractivity contribution is -0.136. The molecule has 0 spiro atoms. The van der Waals surface area contributed by atoms with E-state index in [-0.39, 0.29) is 33.8 Å². The first kappa shape index (κ1) is 27.8. The summed E-state index contributed by atoms with van der Waals surface area (Å²) in [6.07, 6.45) is 2.16. The van der Waals surface area contributed by atoms with E-state index in [9.17, 15) is 14.0 Å². The van der Waals surface area contributed by atoms with Crippen molar-refractivity contribution in [1.29, 1.82) is 0 Å². The molecule has 0 N–H and O–H groups in total. The third-order valence-electron chi connectivity index (χ3n) is 6.36. The van der Waals surface area contributed by atoms with E-state index in [1.807, 2.05) is 37.3 Å². The highest BCUT2D eigenvalue weighted by atomic mass is 35.5. The molecule has 1 aliphatic rings. The molecule has 5 rings (SSSR count). The van der Waals surface area contributed by atoms with Crippen LogP contribution in [0.15, 0.2) is 87.8 Å². The summed E-state index contributed by atoms with van der Waals surface area (Å²) in [6.45, 7) is 1.98. The molecule has 1 aromatic heterocycles. The summed E-state index contributed by atoms with van der Waals surface area (Å²) in [6, 6.07) is 17.9. The zero-order valence-corrected chi connectivity index (χ0v) is 23.8. The Morgan fingerprint density at radius 2 is 1.82 bits per heavy atom. The maximum Gasteiger partial charge on any atom is 0.338 e. The summed E-state index contributed by atoms with van der Waals surface area (Å²) in [4.78, 5) is 31.8. The van der Waals surface area contributed by atoms with E-state index in [2.05, 4.69) is 4.99 Å². The molecular weight excluding hydrogens is 574 g/mol. The van der Waals surface area contributed by atoms with Crippen LogP contribution in [0.4, 0.5) is 4.39 Å². The van der Waals surface area contributed by atoms with Crippen molar-refractivity contribution < 1.29 is 18.7 Å². The number of esters is 1. The number of benzene rings is 3. The van der Waals surface area contributed by atoms with Gasteiger partial charge in [0.05, 0.1) is 39.0 Å². The second kappa shape index (κ2) is 11.8. The van der Waals surface area contributed by atoms with E-state index in [0.29, 0.717) is 38.2 Å². The van der Waals surface area contributed by atoms with Gasteiger partial charge in [-0.3, -0.25) is 9.36 Å². The van der Waals surface area contributed by atoms with E-state index in [1.54, 1.807) is 30.3 Å². The summed E-state index contributed by atoms with van der Waals surface area (Å²) in [5.74, 6) is -0.643. The van der Waals surface area contributed by atoms with E-state index >= 15 is 0 Å². The maximum atomic E-state index is 13.8. The lowest BCUT2D eigenvalue weighted by atomic mass is 9.95. The molecule has 4 aromatic rings. The zero-order valence-electron chi connectivity index (χ0n) is 21.5. The van der Waals surface area contributed by atoms with Crippen LogP contribution in [0.1, 0.15) is 36.1 Å². The van der Waals surface area contributed by atoms with Crippen LogP contribution < -0.4 is 19.6 Å². The standard InChI is InChI=1S/C30H23Cl2FN2O4S/c1-3-23-25(29(37)38-2)26(19-9-5-4-6-10-19)35-28(36)24(40-30(35)34-23)15-18-13-21(31)27(22(32)14-18)39-16-17-8-7-11-20(33)12-17/h4-15,26H,3,16H2,1-2H3/b24-15-/t26-/m1/s1. The van der Waals surface area contributed by atoms with Gasteiger partial charge < -0.3 is 9.47 Å². The summed E-state index contributed by atoms with van der Waals surface area (Å²) >= 11 is 14.2. The first-order chi connectivity index (χ1) is 19.3. The third kappa shape index (κ3) is 5.47. The van der Waals surface area contributed by atoms with Crippen LogP contribution in [0.2, 0.25) is 10.0 Å². The molecular formula is C30H23Cl2FN2O4S. The van der Waals surface area contributed by atoms with Crippen molar-refractivity contribution in [1.82, 2.24) is 4.57 Å². The number of nitrogens with zero attached hydrogens (tertiary/aromatic N) is 2. The molecule has 2 heterocycles. The average Bonchev–Trinajstić information content (AvgIpc) is 3.25. The van der Waals surface area contributed by atoms with Gasteiger partial charge in [0.15, 0.2) is 10.6 Å². The molecule has 0 saturated heterocycles. The van der Waals surface area contributed by atoms with Crippen molar-refractivity contribution >= 4 is 46.6 Å². The van der Waals surface area contributed by atoms with Gasteiger partial charge in [0.2, 0.25) is 0 Å². The first-order valence-corrected chi connectivity index (χ1v) is 13.9. The third-order valence-corrected chi connectivity index (χ3v) is 7.90. The van der Waals surface area contributed by atoms with Gasteiger partial charge in [0, 0.05) is 0 Å². The van der Waals surface area contributed by atoms with E-state index in [1.165, 1.54) is 35.1 Å². The Balaban J connectivity index is 1.57. The maximum absolute atomic E-state index is 13.8. The van der Waals surface area contributed by atoms with Gasteiger partial charge >= 0.3 is 5.97 Å². The average molecular weight is 597 g/mol. The number of carbonyl (C=O) groups is 1. The molecule has 0 aliphatic carbocycles. The van der Waals surface area contributed by atoms with Crippen LogP contribution in [-0.2, 0) is 16.1 Å². The van der Waals surface area contributed by atoms with Crippen LogP contribution in [0.25, 0.3) is 6.08 Å². The summed E-state index contributed by atoms with van der Waals surface area (Å²) in [5, 5.41) is 0.484. The van der Waals surface area contributed by atoms with Crippen LogP contribution in [0.3, 0.4) is 0 Å². The highest BCUT2D eigenvalue weighted by Crippen LogP contribution is 2.35. The fourth-order valence-electron chi connectivity index (χ4n) is 4.55. The predicted molar refractivity (Wildman–Crippen MR) is 154 cm³/mol. The van der Waals surface area contributed by atoms with E-state index in [0.717, 1.165) is 5.56 Å². The number of fused-ring (bicyclic) bond motifs is 1. The van der Waals surface area contributed by atoms with Crippen LogP contribution >= 0.6 is 34.5 Å². The van der Waals surface area contributed by atoms with Gasteiger partial charge in [0.1, 0.15) is 12.4 Å². The molecule has 40 heavy (non-hydrogen) atoms. The number of rotatable bonds is 7. The number of hydrogen-bond acceptors (Lipinski definition) is 6. The molecule has 0 bridgehead atoms. The molecule has 6 nitrogen and oxygen atoms in total. The smallest absolute Gasteiger partial charge is 0.338 e. The fourth-order valence-corrected chi connectivity index (χ4v) is 6.18. The topological polar surface area (TPSA) is 69.9 Å². The Morgan fingerprint density at radius 1 is 1.10 bits per heavy atom. The minimum Gasteiger partial charge on any atom is -0.486 e. The lowest BCUT2D eigenvalue weighted by Crippen LogP contribution is -2.40. The number of carbonyl (C=O) groups excluding carboxylic acids is 1. The van der Waals surface area contributed by atoms with Gasteiger partial charge in [-0.05, 0) is 53.5 Å². The molecule has 3 aromatic carbocycles. The van der Waals surface area contributed by atoms with Crippen LogP contribution in [0, 0.1) is 5.82 Å². The van der Waals surface area contributed by atoms with Gasteiger partial charge in [-0.15, -0.1) is 0 Å². The Labute approximate surface area is 243 Å². The van der Waals surface area contributed by atoms with Gasteiger partial charge in [-0.1, -0.05) is 83.9 Å². The molecule has 0 saturated carbocycles. The predicted octanol–water partition coefficient (Wildman–Crippen LogP) is 5.82. The number of methoxy groups -OCH3 is 1. The molecule has 1 aliphatic heterocycles. The van der Waals surface area contributed by atoms with Crippen molar-refractivity contribution in [3.63, 3.8) is 0 Å². The monoisotopic (exact) mass is 596 g/mol. The minimum atomic E-state index is -0.687. The van der Waals surface area contributed by atoms with Crippen molar-refractivity contribution in [2.45, 2.75) is 26.0 Å². The van der Waals surface area contributed by atoms with Crippen LogP contribution in [0.5, 0.6) is 5.75 Å². The summed E-state index contributed by atoms with van der Waals surface area (Å²) in [5.41, 5.74) is 2.57. The minimum absolute atomic E-state index is 0.0803. The fraction of sp³-hybridized carbons (Fsp3) is 0.167. The number of halogens is 3. The number of thiazole rings is 1. The SMILES string of the molecule is CCC1=C(C(=O)OC)[C@@H](c2ccccc2)n2c(s/c(=C\c3cc(Cl)c(OCc4cccc(F)c4)c(Cl)c3)c2=O)=N1. The summed E-state index contributed by atoms with van der Waals surface area (Å²) in [7, 11) is 1.31. The molecule has 0 amide bonds. The molecule has 10 heteroatoms. The lowest BCUT2D eigenvalue weighted by Gasteiger charge is -2.25. The van der Waals surface area contributed by atoms with Gasteiger partial charge in [-0.2, -0.15) is 0 Å². The Kier molecular flexibility index (Phi) is 8.21. The van der Waals surface area contributed by atoms with Crippen LogP contribution in [-0.4, -0.2) is 17.6 Å². The summed E-state index contributed by atoms with van der Waals surface area (Å²) < 4.78 is 26.3. The van der Waals surface area contributed by atoms with Crippen molar-refractivity contribution in [3.05, 3.63) is 130 Å². The highest BCUT2D eigenvalue weighted by Gasteiger charge is 2.33. The molecule has 1 atom stereocenters.